The second kappa shape index (κ2) is 4.80. The molecule has 0 heterocycles. The second-order valence-electron chi connectivity index (χ2n) is 3.45. The Labute approximate surface area is 93.6 Å². The zero-order valence-corrected chi connectivity index (χ0v) is 9.47. The molecule has 0 aliphatic carbocycles. The minimum atomic E-state index is -0.694. The lowest BCUT2D eigenvalue weighted by atomic mass is 10.2. The standard InChI is InChI=1S/C10H15N3O3/c1-7(14)12(3)8-4-5-9(11-2)10(6-8)13(15)16/h4-7,11,14H,1-3H3. The van der Waals surface area contributed by atoms with Crippen LogP contribution in [-0.2, 0) is 0 Å². The summed E-state index contributed by atoms with van der Waals surface area (Å²) >= 11 is 0. The molecule has 6 nitrogen and oxygen atoms in total. The summed E-state index contributed by atoms with van der Waals surface area (Å²) in [6.07, 6.45) is -0.694. The number of aliphatic hydroxyl groups is 1. The first-order valence-electron chi connectivity index (χ1n) is 4.84. The van der Waals surface area contributed by atoms with Crippen LogP contribution in [0.3, 0.4) is 0 Å². The van der Waals surface area contributed by atoms with E-state index >= 15 is 0 Å². The number of benzene rings is 1. The fourth-order valence-electron chi connectivity index (χ4n) is 1.32. The van der Waals surface area contributed by atoms with Crippen LogP contribution in [0.5, 0.6) is 0 Å². The van der Waals surface area contributed by atoms with Gasteiger partial charge in [-0.3, -0.25) is 10.1 Å². The smallest absolute Gasteiger partial charge is 0.294 e. The van der Waals surface area contributed by atoms with Gasteiger partial charge in [-0.25, -0.2) is 0 Å². The minimum absolute atomic E-state index is 0.00694. The minimum Gasteiger partial charge on any atom is -0.383 e. The van der Waals surface area contributed by atoms with Crippen molar-refractivity contribution >= 4 is 17.1 Å². The molecule has 1 aromatic rings. The van der Waals surface area contributed by atoms with Gasteiger partial charge >= 0.3 is 0 Å². The topological polar surface area (TPSA) is 78.6 Å². The van der Waals surface area contributed by atoms with E-state index in [-0.39, 0.29) is 5.69 Å². The highest BCUT2D eigenvalue weighted by atomic mass is 16.6. The summed E-state index contributed by atoms with van der Waals surface area (Å²) in [4.78, 5) is 11.9. The maximum absolute atomic E-state index is 10.8. The molecule has 0 radical (unpaired) electrons. The van der Waals surface area contributed by atoms with E-state index in [1.165, 1.54) is 6.07 Å². The van der Waals surface area contributed by atoms with E-state index in [2.05, 4.69) is 5.32 Å². The van der Waals surface area contributed by atoms with Crippen molar-refractivity contribution in [2.24, 2.45) is 0 Å². The van der Waals surface area contributed by atoms with E-state index in [0.717, 1.165) is 0 Å². The summed E-state index contributed by atoms with van der Waals surface area (Å²) in [7, 11) is 3.29. The molecule has 0 aliphatic heterocycles. The van der Waals surface area contributed by atoms with E-state index in [1.54, 1.807) is 38.1 Å². The predicted octanol–water partition coefficient (Wildman–Crippen LogP) is 1.41. The Morgan fingerprint density at radius 2 is 2.19 bits per heavy atom. The Morgan fingerprint density at radius 3 is 2.62 bits per heavy atom. The van der Waals surface area contributed by atoms with Gasteiger partial charge < -0.3 is 15.3 Å². The van der Waals surface area contributed by atoms with E-state index < -0.39 is 11.2 Å². The molecule has 1 atom stereocenters. The fraction of sp³-hybridized carbons (Fsp3) is 0.400. The Bertz CT molecular complexity index is 393. The summed E-state index contributed by atoms with van der Waals surface area (Å²) in [6, 6.07) is 4.76. The third-order valence-electron chi connectivity index (χ3n) is 2.42. The van der Waals surface area contributed by atoms with Gasteiger partial charge in [-0.1, -0.05) is 0 Å². The van der Waals surface area contributed by atoms with Crippen molar-refractivity contribution in [3.63, 3.8) is 0 Å². The van der Waals surface area contributed by atoms with Crippen molar-refractivity contribution in [1.29, 1.82) is 0 Å². The van der Waals surface area contributed by atoms with Crippen molar-refractivity contribution in [2.45, 2.75) is 13.2 Å². The lowest BCUT2D eigenvalue weighted by Crippen LogP contribution is -2.28. The lowest BCUT2D eigenvalue weighted by molar-refractivity contribution is -0.383. The Morgan fingerprint density at radius 1 is 1.56 bits per heavy atom. The van der Waals surface area contributed by atoms with Gasteiger partial charge in [0.1, 0.15) is 11.9 Å². The summed E-state index contributed by atoms with van der Waals surface area (Å²) in [6.45, 7) is 1.60. The van der Waals surface area contributed by atoms with Crippen LogP contribution >= 0.6 is 0 Å². The summed E-state index contributed by atoms with van der Waals surface area (Å²) < 4.78 is 0. The van der Waals surface area contributed by atoms with Gasteiger partial charge in [0.25, 0.3) is 5.69 Å². The molecule has 1 aromatic carbocycles. The molecule has 0 saturated heterocycles. The molecule has 1 unspecified atom stereocenters. The molecular formula is C10H15N3O3. The van der Waals surface area contributed by atoms with Crippen LogP contribution in [0.2, 0.25) is 0 Å². The van der Waals surface area contributed by atoms with Crippen LogP contribution in [-0.4, -0.2) is 30.4 Å². The first-order valence-corrected chi connectivity index (χ1v) is 4.84. The van der Waals surface area contributed by atoms with E-state index in [1.807, 2.05) is 0 Å². The quantitative estimate of drug-likeness (QED) is 0.460. The molecule has 0 saturated carbocycles. The molecule has 88 valence electrons. The van der Waals surface area contributed by atoms with Crippen LogP contribution in [0.25, 0.3) is 0 Å². The summed E-state index contributed by atoms with van der Waals surface area (Å²) in [5.41, 5.74) is 1.04. The largest absolute Gasteiger partial charge is 0.383 e. The molecule has 0 bridgehead atoms. The van der Waals surface area contributed by atoms with E-state index in [0.29, 0.717) is 11.4 Å². The first kappa shape index (κ1) is 12.3. The van der Waals surface area contributed by atoms with Gasteiger partial charge in [-0.15, -0.1) is 0 Å². The van der Waals surface area contributed by atoms with Gasteiger partial charge in [-0.05, 0) is 19.1 Å². The third-order valence-corrected chi connectivity index (χ3v) is 2.42. The Balaban J connectivity index is 3.16. The van der Waals surface area contributed by atoms with Crippen LogP contribution < -0.4 is 10.2 Å². The van der Waals surface area contributed by atoms with Crippen molar-refractivity contribution in [1.82, 2.24) is 0 Å². The molecule has 0 spiro atoms. The molecular weight excluding hydrogens is 210 g/mol. The molecule has 0 fully saturated rings. The number of nitro groups is 1. The first-order chi connectivity index (χ1) is 7.47. The zero-order valence-electron chi connectivity index (χ0n) is 9.47. The van der Waals surface area contributed by atoms with Crippen molar-refractivity contribution in [3.8, 4) is 0 Å². The molecule has 16 heavy (non-hydrogen) atoms. The summed E-state index contributed by atoms with van der Waals surface area (Å²) in [5, 5.41) is 22.9. The molecule has 2 N–H and O–H groups in total. The van der Waals surface area contributed by atoms with Crippen molar-refractivity contribution < 1.29 is 10.0 Å². The van der Waals surface area contributed by atoms with Crippen LogP contribution in [0, 0.1) is 10.1 Å². The van der Waals surface area contributed by atoms with Gasteiger partial charge in [-0.2, -0.15) is 0 Å². The highest BCUT2D eigenvalue weighted by Crippen LogP contribution is 2.29. The normalized spacial score (nSPS) is 12.0. The number of anilines is 2. The molecule has 6 heteroatoms. The summed E-state index contributed by atoms with van der Waals surface area (Å²) in [5.74, 6) is 0. The average Bonchev–Trinajstić information content (AvgIpc) is 2.26. The number of hydrogen-bond donors (Lipinski definition) is 2. The van der Waals surface area contributed by atoms with Gasteiger partial charge in [0.15, 0.2) is 0 Å². The predicted molar refractivity (Wildman–Crippen MR) is 62.7 cm³/mol. The number of nitro benzene ring substituents is 1. The van der Waals surface area contributed by atoms with Crippen LogP contribution in [0.4, 0.5) is 17.1 Å². The van der Waals surface area contributed by atoms with Gasteiger partial charge in [0.2, 0.25) is 0 Å². The molecule has 0 aliphatic rings. The Kier molecular flexibility index (Phi) is 3.68. The average molecular weight is 225 g/mol. The number of aliphatic hydroxyl groups excluding tert-OH is 1. The van der Waals surface area contributed by atoms with Crippen LogP contribution in [0.1, 0.15) is 6.92 Å². The molecule has 1 rings (SSSR count). The van der Waals surface area contributed by atoms with Crippen molar-refractivity contribution in [2.75, 3.05) is 24.3 Å². The number of hydrogen-bond acceptors (Lipinski definition) is 5. The number of nitrogens with zero attached hydrogens (tertiary/aromatic N) is 2. The second-order valence-corrected chi connectivity index (χ2v) is 3.45. The monoisotopic (exact) mass is 225 g/mol. The SMILES string of the molecule is CNc1ccc(N(C)C(C)O)cc1[N+](=O)[O-]. The van der Waals surface area contributed by atoms with E-state index in [4.69, 9.17) is 0 Å². The molecule has 0 amide bonds. The maximum atomic E-state index is 10.8. The third kappa shape index (κ3) is 2.40. The maximum Gasteiger partial charge on any atom is 0.294 e. The number of nitrogens with one attached hydrogen (secondary N) is 1. The highest BCUT2D eigenvalue weighted by Gasteiger charge is 2.16. The molecule has 0 aromatic heterocycles. The lowest BCUT2D eigenvalue weighted by Gasteiger charge is -2.22. The van der Waals surface area contributed by atoms with Crippen LogP contribution in [0.15, 0.2) is 18.2 Å². The zero-order chi connectivity index (χ0) is 12.3. The van der Waals surface area contributed by atoms with Gasteiger partial charge in [0, 0.05) is 25.8 Å². The van der Waals surface area contributed by atoms with Crippen molar-refractivity contribution in [3.05, 3.63) is 28.3 Å². The van der Waals surface area contributed by atoms with Gasteiger partial charge in [0.05, 0.1) is 4.92 Å². The number of rotatable bonds is 4. The highest BCUT2D eigenvalue weighted by molar-refractivity contribution is 5.68. The fourth-order valence-corrected chi connectivity index (χ4v) is 1.32. The van der Waals surface area contributed by atoms with E-state index in [9.17, 15) is 15.2 Å². The Hall–Kier alpha value is -1.82.